The van der Waals surface area contributed by atoms with Gasteiger partial charge in [0.05, 0.1) is 6.07 Å². The van der Waals surface area contributed by atoms with Gasteiger partial charge in [0.1, 0.15) is 0 Å². The number of anilines is 2. The van der Waals surface area contributed by atoms with Gasteiger partial charge in [-0.3, -0.25) is 0 Å². The van der Waals surface area contributed by atoms with E-state index in [-0.39, 0.29) is 0 Å². The Morgan fingerprint density at radius 2 is 1.21 bits per heavy atom. The fraction of sp³-hybridized carbons (Fsp3) is 0.344. The van der Waals surface area contributed by atoms with Crippen LogP contribution in [0.5, 0.6) is 0 Å². The summed E-state index contributed by atoms with van der Waals surface area (Å²) < 4.78 is 1.92. The summed E-state index contributed by atoms with van der Waals surface area (Å²) in [6, 6.07) is 25.0. The summed E-state index contributed by atoms with van der Waals surface area (Å²) >= 11 is -1.61. The van der Waals surface area contributed by atoms with Gasteiger partial charge in [-0.25, -0.2) is 0 Å². The Morgan fingerprint density at radius 1 is 0.789 bits per heavy atom. The van der Waals surface area contributed by atoms with Gasteiger partial charge in [0.2, 0.25) is 0 Å². The number of rotatable bonds is 5. The molecule has 1 fully saturated rings. The third-order valence-electron chi connectivity index (χ3n) is 6.21. The van der Waals surface area contributed by atoms with E-state index in [1.54, 1.807) is 6.07 Å². The van der Waals surface area contributed by atoms with Gasteiger partial charge in [-0.15, -0.1) is 0 Å². The molecule has 0 amide bonds. The number of aryl methyl sites for hydroxylation is 2. The van der Waals surface area contributed by atoms with E-state index < -0.39 is 13.5 Å². The Balaban J connectivity index is 0.000000324. The van der Waals surface area contributed by atoms with Crippen LogP contribution in [0.2, 0.25) is 0 Å². The Bertz CT molecular complexity index is 1170. The Morgan fingerprint density at radius 3 is 1.58 bits per heavy atom. The van der Waals surface area contributed by atoms with E-state index in [9.17, 15) is 0 Å². The topological polar surface area (TPSA) is 30.3 Å². The van der Waals surface area contributed by atoms with Gasteiger partial charge in [0.25, 0.3) is 0 Å². The SMILES string of the molecule is CC#N.Cc1cccc(C(C)C)c1N1[CH-]N(c2c(C)cccc2C(C)C)CC1.[Cl][Ru]([Cl])=[CH]c1ccccc1. The fourth-order valence-electron chi connectivity index (χ4n) is 4.53. The fourth-order valence-corrected chi connectivity index (χ4v) is 6.35. The van der Waals surface area contributed by atoms with Crippen LogP contribution in [0, 0.1) is 31.8 Å². The van der Waals surface area contributed by atoms with E-state index in [4.69, 9.17) is 24.6 Å². The molecule has 38 heavy (non-hydrogen) atoms. The molecule has 0 aromatic heterocycles. The van der Waals surface area contributed by atoms with Crippen molar-refractivity contribution >= 4 is 35.4 Å². The van der Waals surface area contributed by atoms with Gasteiger partial charge in [0.15, 0.2) is 0 Å². The second-order valence-corrected chi connectivity index (χ2v) is 15.5. The molecule has 206 valence electrons. The molecule has 3 aromatic rings. The van der Waals surface area contributed by atoms with Crippen LogP contribution in [0.3, 0.4) is 0 Å². The average molecular weight is 639 g/mol. The molecule has 0 saturated carbocycles. The second kappa shape index (κ2) is 16.0. The van der Waals surface area contributed by atoms with Gasteiger partial charge < -0.3 is 9.80 Å². The Hall–Kier alpha value is -2.18. The average Bonchev–Trinajstić information content (AvgIpc) is 3.34. The monoisotopic (exact) mass is 638 g/mol. The van der Waals surface area contributed by atoms with Gasteiger partial charge in [-0.1, -0.05) is 64.1 Å². The van der Waals surface area contributed by atoms with Crippen molar-refractivity contribution in [2.45, 2.75) is 60.3 Å². The number of nitrogens with zero attached hydrogens (tertiary/aromatic N) is 3. The van der Waals surface area contributed by atoms with Crippen LogP contribution in [-0.2, 0) is 13.5 Å². The normalized spacial score (nSPS) is 12.8. The summed E-state index contributed by atoms with van der Waals surface area (Å²) in [4.78, 5) is 4.89. The maximum absolute atomic E-state index is 7.32. The molecule has 1 heterocycles. The van der Waals surface area contributed by atoms with E-state index in [0.717, 1.165) is 18.7 Å². The number of para-hydroxylation sites is 2. The molecule has 0 radical (unpaired) electrons. The first-order valence-electron chi connectivity index (χ1n) is 12.9. The standard InChI is InChI=1S/C23H31N2.C7H6.C2H3N.2ClH.Ru/c1-16(2)20-11-7-9-18(5)22(20)24-13-14-25(15-24)23-19(6)10-8-12-21(23)17(3)4;1-7-5-3-2-4-6-7;1-2-3;;;/h7-12,15-17H,13-14H2,1-6H3;1-6H;1H3;2*1H;/q-1;;;;;+2/p-2. The molecular weight excluding hydrogens is 598 g/mol. The molecule has 3 nitrogen and oxygen atoms in total. The van der Waals surface area contributed by atoms with Crippen molar-refractivity contribution < 1.29 is 13.5 Å². The van der Waals surface area contributed by atoms with Crippen molar-refractivity contribution in [1.29, 1.82) is 5.26 Å². The van der Waals surface area contributed by atoms with Gasteiger partial charge >= 0.3 is 73.4 Å². The third-order valence-corrected chi connectivity index (χ3v) is 8.08. The second-order valence-electron chi connectivity index (χ2n) is 9.78. The first kappa shape index (κ1) is 32.0. The molecular formula is C32H40Cl2N3Ru-. The van der Waals surface area contributed by atoms with Crippen molar-refractivity contribution in [2.75, 3.05) is 22.9 Å². The van der Waals surface area contributed by atoms with E-state index >= 15 is 0 Å². The Kier molecular flexibility index (Phi) is 13.5. The van der Waals surface area contributed by atoms with E-state index in [0.29, 0.717) is 11.8 Å². The molecule has 1 aliphatic heterocycles. The van der Waals surface area contributed by atoms with Crippen molar-refractivity contribution in [1.82, 2.24) is 0 Å². The molecule has 3 aromatic carbocycles. The molecule has 6 heteroatoms. The zero-order valence-electron chi connectivity index (χ0n) is 23.5. The zero-order valence-corrected chi connectivity index (χ0v) is 26.8. The molecule has 0 atom stereocenters. The predicted molar refractivity (Wildman–Crippen MR) is 164 cm³/mol. The summed E-state index contributed by atoms with van der Waals surface area (Å²) in [6.07, 6.45) is 0. The summed E-state index contributed by atoms with van der Waals surface area (Å²) in [7, 11) is 11.3. The van der Waals surface area contributed by atoms with Crippen LogP contribution in [0.4, 0.5) is 11.4 Å². The van der Waals surface area contributed by atoms with Crippen LogP contribution in [0.25, 0.3) is 0 Å². The molecule has 0 N–H and O–H groups in total. The van der Waals surface area contributed by atoms with Crippen molar-refractivity contribution in [3.8, 4) is 6.07 Å². The maximum atomic E-state index is 7.32. The van der Waals surface area contributed by atoms with Gasteiger partial charge in [0, 0.05) is 31.4 Å². The predicted octanol–water partition coefficient (Wildman–Crippen LogP) is 9.29. The van der Waals surface area contributed by atoms with Crippen molar-refractivity contribution in [3.05, 3.63) is 101 Å². The molecule has 1 saturated heterocycles. The zero-order chi connectivity index (χ0) is 28.2. The molecule has 1 aliphatic rings. The van der Waals surface area contributed by atoms with E-state index in [1.807, 2.05) is 34.9 Å². The molecule has 0 aliphatic carbocycles. The number of benzene rings is 3. The van der Waals surface area contributed by atoms with Crippen LogP contribution >= 0.6 is 19.4 Å². The van der Waals surface area contributed by atoms with Crippen LogP contribution in [0.15, 0.2) is 66.7 Å². The quantitative estimate of drug-likeness (QED) is 0.206. The molecule has 0 spiro atoms. The Labute approximate surface area is 243 Å². The summed E-state index contributed by atoms with van der Waals surface area (Å²) in [5, 5.41) is 7.32. The summed E-state index contributed by atoms with van der Waals surface area (Å²) in [6.45, 7) is 19.4. The van der Waals surface area contributed by atoms with Crippen LogP contribution in [-0.4, -0.2) is 17.7 Å². The van der Waals surface area contributed by atoms with E-state index in [2.05, 4.69) is 94.4 Å². The number of nitriles is 1. The first-order chi connectivity index (χ1) is 18.1. The van der Waals surface area contributed by atoms with Crippen LogP contribution in [0.1, 0.15) is 74.3 Å². The number of hydrogen-bond acceptors (Lipinski definition) is 3. The number of hydrogen-bond donors (Lipinski definition) is 0. The summed E-state index contributed by atoms with van der Waals surface area (Å²) in [5.41, 5.74) is 9.49. The van der Waals surface area contributed by atoms with Crippen LogP contribution < -0.4 is 9.80 Å². The van der Waals surface area contributed by atoms with Gasteiger partial charge in [-0.2, -0.15) is 11.9 Å². The van der Waals surface area contributed by atoms with Crippen molar-refractivity contribution in [3.63, 3.8) is 0 Å². The van der Waals surface area contributed by atoms with Gasteiger partial charge in [-0.05, 0) is 47.9 Å². The molecule has 4 rings (SSSR count). The number of halogens is 2. The first-order valence-corrected chi connectivity index (χ1v) is 18.3. The molecule has 0 bridgehead atoms. The van der Waals surface area contributed by atoms with Crippen molar-refractivity contribution in [2.24, 2.45) is 0 Å². The summed E-state index contributed by atoms with van der Waals surface area (Å²) in [5.74, 6) is 1.06. The van der Waals surface area contributed by atoms with E-state index in [1.165, 1.54) is 40.6 Å². The minimum absolute atomic E-state index is 0.530. The minimum atomic E-state index is -1.61. The third kappa shape index (κ3) is 9.23. The molecule has 0 unspecified atom stereocenters.